The lowest BCUT2D eigenvalue weighted by molar-refractivity contribution is 0.593. The third kappa shape index (κ3) is 4.47. The van der Waals surface area contributed by atoms with E-state index in [9.17, 15) is 0 Å². The minimum Gasteiger partial charge on any atom is -0.0616 e. The van der Waals surface area contributed by atoms with E-state index in [0.717, 1.165) is 0 Å². The van der Waals surface area contributed by atoms with Crippen molar-refractivity contribution in [2.75, 3.05) is 0 Å². The van der Waals surface area contributed by atoms with Gasteiger partial charge in [-0.2, -0.15) is 0 Å². The van der Waals surface area contributed by atoms with Crippen LogP contribution in [0.5, 0.6) is 0 Å². The largest absolute Gasteiger partial charge is 0.0616 e. The molecule has 0 radical (unpaired) electrons. The first kappa shape index (κ1) is 26.5. The Balaban J connectivity index is 1.52. The maximum absolute atomic E-state index is 2.45. The summed E-state index contributed by atoms with van der Waals surface area (Å²) in [6, 6.07) is 45.3. The third-order valence-electron chi connectivity index (χ3n) is 8.78. The van der Waals surface area contributed by atoms with Crippen LogP contribution in [0.2, 0.25) is 0 Å². The molecule has 0 amide bonds. The molecule has 0 bridgehead atoms. The zero-order valence-corrected chi connectivity index (χ0v) is 25.5. The lowest BCUT2D eigenvalue weighted by atomic mass is 9.73. The number of benzene rings is 7. The molecule has 0 unspecified atom stereocenters. The van der Waals surface area contributed by atoms with E-state index in [1.54, 1.807) is 0 Å². The highest BCUT2D eigenvalue weighted by Gasteiger charge is 2.28. The zero-order chi connectivity index (χ0) is 29.2. The normalized spacial score (nSPS) is 12.5. The molecule has 0 atom stereocenters. The van der Waals surface area contributed by atoms with E-state index in [0.29, 0.717) is 0 Å². The van der Waals surface area contributed by atoms with Crippen LogP contribution in [-0.2, 0) is 10.8 Å². The summed E-state index contributed by atoms with van der Waals surface area (Å²) in [5, 5.41) is 10.6. The minimum atomic E-state index is -0.0284. The summed E-state index contributed by atoms with van der Waals surface area (Å²) >= 11 is 0. The maximum Gasteiger partial charge on any atom is -0.0120 e. The van der Waals surface area contributed by atoms with Gasteiger partial charge in [0.05, 0.1) is 0 Å². The van der Waals surface area contributed by atoms with Gasteiger partial charge in [-0.3, -0.25) is 0 Å². The van der Waals surface area contributed by atoms with Gasteiger partial charge in [0.1, 0.15) is 0 Å². The second-order valence-corrected chi connectivity index (χ2v) is 13.9. The van der Waals surface area contributed by atoms with Crippen LogP contribution in [0.4, 0.5) is 0 Å². The third-order valence-corrected chi connectivity index (χ3v) is 8.78. The van der Waals surface area contributed by atoms with Crippen LogP contribution < -0.4 is 0 Å². The molecule has 0 spiro atoms. The lowest BCUT2D eigenvalue weighted by Gasteiger charge is -2.31. The molecule has 7 aromatic carbocycles. The molecule has 0 heterocycles. The van der Waals surface area contributed by atoms with Crippen molar-refractivity contribution in [2.24, 2.45) is 0 Å². The van der Waals surface area contributed by atoms with Gasteiger partial charge in [0.25, 0.3) is 0 Å². The summed E-state index contributed by atoms with van der Waals surface area (Å²) in [5.74, 6) is 0. The van der Waals surface area contributed by atoms with E-state index in [1.807, 2.05) is 0 Å². The molecule has 0 aliphatic carbocycles. The average molecular weight is 543 g/mol. The average Bonchev–Trinajstić information content (AvgIpc) is 2.97. The van der Waals surface area contributed by atoms with Crippen molar-refractivity contribution in [3.8, 4) is 22.3 Å². The van der Waals surface area contributed by atoms with E-state index < -0.39 is 0 Å². The molecule has 0 fully saturated rings. The van der Waals surface area contributed by atoms with Gasteiger partial charge in [-0.1, -0.05) is 139 Å². The molecular weight excluding hydrogens is 504 g/mol. The SMILES string of the molecule is CC(C)(C)c1c2ccc(-c3ccc4ccccc4c3)cc2c(C(C)(C)C)c2ccc(-c3ccc4ccccc4c3)cc12. The van der Waals surface area contributed by atoms with E-state index in [1.165, 1.54) is 76.5 Å². The van der Waals surface area contributed by atoms with Crippen molar-refractivity contribution < 1.29 is 0 Å². The number of rotatable bonds is 2. The van der Waals surface area contributed by atoms with E-state index in [-0.39, 0.29) is 10.8 Å². The highest BCUT2D eigenvalue weighted by molar-refractivity contribution is 6.09. The Morgan fingerprint density at radius 3 is 1.02 bits per heavy atom. The summed E-state index contributed by atoms with van der Waals surface area (Å²) < 4.78 is 0. The monoisotopic (exact) mass is 542 g/mol. The second kappa shape index (κ2) is 9.57. The van der Waals surface area contributed by atoms with Crippen LogP contribution in [-0.4, -0.2) is 0 Å². The standard InChI is InChI=1S/C42H38/c1-41(2,3)39-35-21-19-34(32-18-16-28-12-8-10-14-30(28)24-32)26-38(35)40(42(4,5)6)36-22-20-33(25-37(36)39)31-17-15-27-11-7-9-13-29(27)23-31/h7-26H,1-6H3. The Bertz CT molecular complexity index is 1990. The van der Waals surface area contributed by atoms with Crippen LogP contribution in [0.25, 0.3) is 65.3 Å². The maximum atomic E-state index is 2.45. The van der Waals surface area contributed by atoms with E-state index >= 15 is 0 Å². The van der Waals surface area contributed by atoms with Crippen molar-refractivity contribution in [2.45, 2.75) is 52.4 Å². The van der Waals surface area contributed by atoms with Gasteiger partial charge in [0, 0.05) is 0 Å². The van der Waals surface area contributed by atoms with Gasteiger partial charge >= 0.3 is 0 Å². The molecule has 7 aromatic rings. The van der Waals surface area contributed by atoms with E-state index in [2.05, 4.69) is 163 Å². The van der Waals surface area contributed by atoms with E-state index in [4.69, 9.17) is 0 Å². The van der Waals surface area contributed by atoms with Crippen molar-refractivity contribution in [1.82, 2.24) is 0 Å². The minimum absolute atomic E-state index is 0.0284. The molecule has 0 N–H and O–H groups in total. The number of hydrogen-bond acceptors (Lipinski definition) is 0. The fourth-order valence-electron chi connectivity index (χ4n) is 6.94. The lowest BCUT2D eigenvalue weighted by Crippen LogP contribution is -2.17. The van der Waals surface area contributed by atoms with Crippen molar-refractivity contribution in [1.29, 1.82) is 0 Å². The van der Waals surface area contributed by atoms with Gasteiger partial charge in [0.15, 0.2) is 0 Å². The molecule has 0 saturated carbocycles. The molecular formula is C42H38. The second-order valence-electron chi connectivity index (χ2n) is 13.9. The smallest absolute Gasteiger partial charge is 0.0120 e. The number of hydrogen-bond donors (Lipinski definition) is 0. The predicted octanol–water partition coefficient (Wildman–Crippen LogP) is 12.2. The first-order valence-electron chi connectivity index (χ1n) is 15.1. The molecule has 42 heavy (non-hydrogen) atoms. The molecule has 0 aliphatic heterocycles. The molecule has 7 rings (SSSR count). The predicted molar refractivity (Wildman–Crippen MR) is 185 cm³/mol. The van der Waals surface area contributed by atoms with Gasteiger partial charge in [-0.05, 0) is 112 Å². The summed E-state index contributed by atoms with van der Waals surface area (Å²) in [4.78, 5) is 0. The van der Waals surface area contributed by atoms with Gasteiger partial charge in [-0.25, -0.2) is 0 Å². The molecule has 0 aromatic heterocycles. The highest BCUT2D eigenvalue weighted by atomic mass is 14.3. The first-order valence-corrected chi connectivity index (χ1v) is 15.1. The molecule has 206 valence electrons. The van der Waals surface area contributed by atoms with Gasteiger partial charge < -0.3 is 0 Å². The molecule has 0 aliphatic rings. The Morgan fingerprint density at radius 1 is 0.310 bits per heavy atom. The number of fused-ring (bicyclic) bond motifs is 4. The van der Waals surface area contributed by atoms with Crippen LogP contribution >= 0.6 is 0 Å². The highest BCUT2D eigenvalue weighted by Crippen LogP contribution is 2.46. The van der Waals surface area contributed by atoms with Crippen LogP contribution in [0.3, 0.4) is 0 Å². The van der Waals surface area contributed by atoms with Gasteiger partial charge in [-0.15, -0.1) is 0 Å². The summed E-state index contributed by atoms with van der Waals surface area (Å²) in [7, 11) is 0. The molecule has 0 heteroatoms. The molecule has 0 saturated heterocycles. The van der Waals surface area contributed by atoms with Crippen LogP contribution in [0.15, 0.2) is 121 Å². The Hall–Kier alpha value is -4.42. The zero-order valence-electron chi connectivity index (χ0n) is 25.5. The summed E-state index contributed by atoms with van der Waals surface area (Å²) in [6.07, 6.45) is 0. The van der Waals surface area contributed by atoms with Crippen molar-refractivity contribution >= 4 is 43.1 Å². The van der Waals surface area contributed by atoms with Gasteiger partial charge in [0.2, 0.25) is 0 Å². The molecule has 0 nitrogen and oxygen atoms in total. The summed E-state index contributed by atoms with van der Waals surface area (Å²) in [6.45, 7) is 14.2. The van der Waals surface area contributed by atoms with Crippen molar-refractivity contribution in [3.05, 3.63) is 132 Å². The Morgan fingerprint density at radius 2 is 0.643 bits per heavy atom. The van der Waals surface area contributed by atoms with Crippen LogP contribution in [0.1, 0.15) is 52.7 Å². The Kier molecular flexibility index (Phi) is 6.03. The summed E-state index contributed by atoms with van der Waals surface area (Å²) in [5.41, 5.74) is 7.86. The fraction of sp³-hybridized carbons (Fsp3) is 0.190. The topological polar surface area (TPSA) is 0 Å². The quantitative estimate of drug-likeness (QED) is 0.191. The Labute approximate surface area is 249 Å². The fourth-order valence-corrected chi connectivity index (χ4v) is 6.94. The van der Waals surface area contributed by atoms with Crippen molar-refractivity contribution in [3.63, 3.8) is 0 Å². The first-order chi connectivity index (χ1) is 20.1. The van der Waals surface area contributed by atoms with Crippen LogP contribution in [0, 0.1) is 0 Å².